The van der Waals surface area contributed by atoms with E-state index >= 15 is 0 Å². The second-order valence-electron chi connectivity index (χ2n) is 8.84. The lowest BCUT2D eigenvalue weighted by Gasteiger charge is -2.48. The molecule has 0 radical (unpaired) electrons. The molecule has 10 atom stereocenters. The van der Waals surface area contributed by atoms with E-state index in [1.54, 1.807) is 0 Å². The van der Waals surface area contributed by atoms with Crippen molar-refractivity contribution in [3.63, 3.8) is 0 Å². The smallest absolute Gasteiger partial charge is 0.269 e. The normalized spacial score (nSPS) is 35.2. The molecule has 2 aliphatic rings. The van der Waals surface area contributed by atoms with Crippen LogP contribution in [0.4, 0.5) is 5.69 Å². The Morgan fingerprint density at radius 1 is 0.895 bits per heavy atom. The third-order valence-electron chi connectivity index (χ3n) is 6.06. The molecule has 1 aromatic rings. The molecule has 2 heterocycles. The minimum absolute atomic E-state index is 0.100. The van der Waals surface area contributed by atoms with Crippen molar-refractivity contribution in [1.29, 1.82) is 0 Å². The van der Waals surface area contributed by atoms with Gasteiger partial charge in [-0.2, -0.15) is 0 Å². The summed E-state index contributed by atoms with van der Waals surface area (Å²) in [6, 6.07) is 2.29. The molecule has 0 bridgehead atoms. The molecule has 0 spiro atoms. The van der Waals surface area contributed by atoms with E-state index in [9.17, 15) is 45.2 Å². The number of amides is 2. The third kappa shape index (κ3) is 6.72. The molecule has 0 aliphatic carbocycles. The highest BCUT2D eigenvalue weighted by Crippen LogP contribution is 2.31. The Hall–Kier alpha value is -2.96. The van der Waals surface area contributed by atoms with Crippen molar-refractivity contribution < 1.29 is 59.0 Å². The largest absolute Gasteiger partial charge is 0.463 e. The van der Waals surface area contributed by atoms with Gasteiger partial charge in [0.25, 0.3) is 5.69 Å². The molecule has 0 aromatic heterocycles. The number of carbonyl (C=O) groups excluding carboxylic acids is 2. The molecule has 2 saturated heterocycles. The number of nitro benzene ring substituents is 1. The van der Waals surface area contributed by atoms with E-state index < -0.39 is 91.2 Å². The Bertz CT molecular complexity index is 980. The summed E-state index contributed by atoms with van der Waals surface area (Å²) in [6.07, 6.45) is -11.8. The van der Waals surface area contributed by atoms with Crippen LogP contribution in [0.3, 0.4) is 0 Å². The molecule has 16 heteroatoms. The predicted octanol–water partition coefficient (Wildman–Crippen LogP) is -3.11. The number of nitrogens with zero attached hydrogens (tertiary/aromatic N) is 1. The number of non-ortho nitro benzene ring substituents is 1. The summed E-state index contributed by atoms with van der Waals surface area (Å²) in [6.45, 7) is 0.888. The highest BCUT2D eigenvalue weighted by atomic mass is 16.7. The first-order valence-electron chi connectivity index (χ1n) is 11.6. The average molecular weight is 545 g/mol. The number of nitro groups is 1. The minimum atomic E-state index is -1.63. The second kappa shape index (κ2) is 12.7. The summed E-state index contributed by atoms with van der Waals surface area (Å²) in [4.78, 5) is 33.9. The van der Waals surface area contributed by atoms with Crippen molar-refractivity contribution in [2.45, 2.75) is 75.1 Å². The zero-order valence-electron chi connectivity index (χ0n) is 20.4. The molecule has 2 aliphatic heterocycles. The molecular formula is C22H31N3O13. The van der Waals surface area contributed by atoms with Crippen LogP contribution in [0.5, 0.6) is 5.75 Å². The van der Waals surface area contributed by atoms with Crippen LogP contribution >= 0.6 is 0 Å². The van der Waals surface area contributed by atoms with Gasteiger partial charge in [0.05, 0.1) is 18.1 Å². The molecule has 3 rings (SSSR count). The molecule has 0 unspecified atom stereocenters. The maximum Gasteiger partial charge on any atom is 0.269 e. The summed E-state index contributed by atoms with van der Waals surface area (Å²) in [7, 11) is 0. The standard InChI is InChI=1S/C22H31N3O13/c1-9(28)23-15-18(31)17(30)13(7-26)36-22(15)38-20-14(8-27)37-21(16(19(20)32)24-10(2)29)35-12-5-3-11(4-6-12)25(33)34/h3-6,13-22,26-27,30-32H,7-8H2,1-2H3,(H,23,28)(H,24,29)/t13-,14+,15+,16-,17-,18+,19+,20-,21+,22+/m1/s1. The van der Waals surface area contributed by atoms with Gasteiger partial charge in [-0.15, -0.1) is 0 Å². The monoisotopic (exact) mass is 545 g/mol. The van der Waals surface area contributed by atoms with E-state index in [2.05, 4.69) is 10.6 Å². The van der Waals surface area contributed by atoms with Gasteiger partial charge in [-0.05, 0) is 12.1 Å². The molecule has 38 heavy (non-hydrogen) atoms. The van der Waals surface area contributed by atoms with Gasteiger partial charge in [-0.3, -0.25) is 19.7 Å². The summed E-state index contributed by atoms with van der Waals surface area (Å²) in [5, 5.41) is 67.2. The van der Waals surface area contributed by atoms with Crippen LogP contribution in [0.1, 0.15) is 13.8 Å². The van der Waals surface area contributed by atoms with Crippen molar-refractivity contribution in [3.8, 4) is 5.75 Å². The number of hydrogen-bond acceptors (Lipinski definition) is 13. The third-order valence-corrected chi connectivity index (χ3v) is 6.06. The Kier molecular flexibility index (Phi) is 9.91. The summed E-state index contributed by atoms with van der Waals surface area (Å²) < 4.78 is 22.8. The minimum Gasteiger partial charge on any atom is -0.463 e. The van der Waals surface area contributed by atoms with Gasteiger partial charge in [0.2, 0.25) is 18.1 Å². The van der Waals surface area contributed by atoms with Gasteiger partial charge < -0.3 is 55.1 Å². The molecule has 0 saturated carbocycles. The summed E-state index contributed by atoms with van der Waals surface area (Å²) in [5.41, 5.74) is -0.197. The number of nitrogens with one attached hydrogen (secondary N) is 2. The van der Waals surface area contributed by atoms with E-state index in [1.165, 1.54) is 31.2 Å². The Labute approximate surface area is 216 Å². The van der Waals surface area contributed by atoms with Crippen LogP contribution < -0.4 is 15.4 Å². The van der Waals surface area contributed by atoms with Gasteiger partial charge in [0, 0.05) is 26.0 Å². The first-order chi connectivity index (χ1) is 18.0. The van der Waals surface area contributed by atoms with E-state index in [0.29, 0.717) is 0 Å². The van der Waals surface area contributed by atoms with Crippen molar-refractivity contribution in [2.24, 2.45) is 0 Å². The fraction of sp³-hybridized carbons (Fsp3) is 0.636. The molecule has 7 N–H and O–H groups in total. The number of hydrogen-bond donors (Lipinski definition) is 7. The predicted molar refractivity (Wildman–Crippen MR) is 123 cm³/mol. The van der Waals surface area contributed by atoms with Crippen molar-refractivity contribution in [1.82, 2.24) is 10.6 Å². The Morgan fingerprint density at radius 2 is 1.42 bits per heavy atom. The fourth-order valence-electron chi connectivity index (χ4n) is 4.25. The van der Waals surface area contributed by atoms with Crippen molar-refractivity contribution in [3.05, 3.63) is 34.4 Å². The Morgan fingerprint density at radius 3 is 1.92 bits per heavy atom. The molecule has 2 amide bonds. The maximum atomic E-state index is 11.9. The SMILES string of the molecule is CC(=O)N[C@@H]1[C@H](O[C@H]2[C@@H](O)[C@@H](NC(C)=O)[C@@H](Oc3ccc([N+](=O)[O-])cc3)O[C@H]2CO)O[C@H](CO)[C@@H](O)[C@H]1O. The highest BCUT2D eigenvalue weighted by Gasteiger charge is 2.52. The van der Waals surface area contributed by atoms with Crippen LogP contribution in [0.2, 0.25) is 0 Å². The van der Waals surface area contributed by atoms with Gasteiger partial charge in [0.1, 0.15) is 54.5 Å². The van der Waals surface area contributed by atoms with Gasteiger partial charge in [-0.25, -0.2) is 0 Å². The van der Waals surface area contributed by atoms with E-state index in [0.717, 1.165) is 6.92 Å². The fourth-order valence-corrected chi connectivity index (χ4v) is 4.25. The van der Waals surface area contributed by atoms with Crippen LogP contribution in [-0.2, 0) is 23.8 Å². The maximum absolute atomic E-state index is 11.9. The van der Waals surface area contributed by atoms with Crippen LogP contribution in [0.15, 0.2) is 24.3 Å². The lowest BCUT2D eigenvalue weighted by atomic mass is 9.94. The first-order valence-corrected chi connectivity index (χ1v) is 11.6. The summed E-state index contributed by atoms with van der Waals surface area (Å²) >= 11 is 0. The van der Waals surface area contributed by atoms with E-state index in [4.69, 9.17) is 18.9 Å². The van der Waals surface area contributed by atoms with Crippen LogP contribution in [0, 0.1) is 10.1 Å². The zero-order valence-corrected chi connectivity index (χ0v) is 20.4. The topological polar surface area (TPSA) is 239 Å². The highest BCUT2D eigenvalue weighted by molar-refractivity contribution is 5.73. The molecular weight excluding hydrogens is 514 g/mol. The number of benzene rings is 1. The number of carbonyl (C=O) groups is 2. The zero-order chi connectivity index (χ0) is 28.1. The molecule has 2 fully saturated rings. The Balaban J connectivity index is 1.86. The number of ether oxygens (including phenoxy) is 4. The number of rotatable bonds is 9. The lowest BCUT2D eigenvalue weighted by Crippen LogP contribution is -2.69. The number of aliphatic hydroxyl groups is 5. The van der Waals surface area contributed by atoms with Crippen LogP contribution in [-0.4, -0.2) is 117 Å². The van der Waals surface area contributed by atoms with Crippen molar-refractivity contribution in [2.75, 3.05) is 13.2 Å². The van der Waals surface area contributed by atoms with Crippen molar-refractivity contribution >= 4 is 17.5 Å². The first kappa shape index (κ1) is 29.6. The van der Waals surface area contributed by atoms with Gasteiger partial charge in [-0.1, -0.05) is 0 Å². The quantitative estimate of drug-likeness (QED) is 0.120. The van der Waals surface area contributed by atoms with Gasteiger partial charge in [0.15, 0.2) is 6.29 Å². The van der Waals surface area contributed by atoms with Crippen LogP contribution in [0.25, 0.3) is 0 Å². The van der Waals surface area contributed by atoms with E-state index in [-0.39, 0.29) is 11.4 Å². The summed E-state index contributed by atoms with van der Waals surface area (Å²) in [5.74, 6) is -1.09. The van der Waals surface area contributed by atoms with E-state index in [1.807, 2.05) is 0 Å². The number of aliphatic hydroxyl groups excluding tert-OH is 5. The molecule has 212 valence electrons. The van der Waals surface area contributed by atoms with Gasteiger partial charge >= 0.3 is 0 Å². The second-order valence-corrected chi connectivity index (χ2v) is 8.84. The molecule has 16 nitrogen and oxygen atoms in total. The average Bonchev–Trinajstić information content (AvgIpc) is 2.86. The lowest BCUT2D eigenvalue weighted by molar-refractivity contribution is -0.384. The molecule has 1 aromatic carbocycles.